The van der Waals surface area contributed by atoms with E-state index in [0.717, 1.165) is 12.5 Å². The van der Waals surface area contributed by atoms with E-state index in [1.165, 1.54) is 25.3 Å². The minimum absolute atomic E-state index is 0.856. The van der Waals surface area contributed by atoms with Gasteiger partial charge in [-0.05, 0) is 18.9 Å². The van der Waals surface area contributed by atoms with E-state index in [-0.39, 0.29) is 0 Å². The molecule has 1 aliphatic heterocycles. The lowest BCUT2D eigenvalue weighted by Gasteiger charge is -2.37. The van der Waals surface area contributed by atoms with Crippen molar-refractivity contribution in [2.24, 2.45) is 11.7 Å². The molecule has 0 aromatic heterocycles. The predicted octanol–water partition coefficient (Wildman–Crippen LogP) is 0.935. The van der Waals surface area contributed by atoms with E-state index in [2.05, 4.69) is 11.2 Å². The molecule has 10 heavy (non-hydrogen) atoms. The highest BCUT2D eigenvalue weighted by atomic mass is 32.2. The zero-order valence-electron chi connectivity index (χ0n) is 6.55. The summed E-state index contributed by atoms with van der Waals surface area (Å²) < 4.78 is 2.42. The van der Waals surface area contributed by atoms with Gasteiger partial charge in [-0.3, -0.25) is 0 Å². The highest BCUT2D eigenvalue weighted by molar-refractivity contribution is 7.97. The van der Waals surface area contributed by atoms with Gasteiger partial charge in [-0.1, -0.05) is 18.9 Å². The molecule has 3 heteroatoms. The lowest BCUT2D eigenvalue weighted by molar-refractivity contribution is 0.210. The molecule has 0 aromatic rings. The lowest BCUT2D eigenvalue weighted by Crippen LogP contribution is -2.42. The summed E-state index contributed by atoms with van der Waals surface area (Å²) in [6.45, 7) is 5.57. The Bertz CT molecular complexity index is 81.6. The minimum Gasteiger partial charge on any atom is -0.330 e. The first kappa shape index (κ1) is 8.37. The number of hydrogen-bond acceptors (Lipinski definition) is 3. The number of nitrogens with two attached hydrogens (primary N) is 1. The van der Waals surface area contributed by atoms with Crippen LogP contribution in [0.25, 0.3) is 0 Å². The Morgan fingerprint density at radius 3 is 2.80 bits per heavy atom. The smallest absolute Gasteiger partial charge is 0.0131 e. The van der Waals surface area contributed by atoms with E-state index in [0.29, 0.717) is 0 Å². The first-order chi connectivity index (χ1) is 4.86. The molecule has 0 radical (unpaired) electrons. The predicted molar refractivity (Wildman–Crippen MR) is 46.9 cm³/mol. The van der Waals surface area contributed by atoms with E-state index in [1.807, 2.05) is 11.9 Å². The van der Waals surface area contributed by atoms with Crippen molar-refractivity contribution in [2.75, 3.05) is 25.4 Å². The Hall–Kier alpha value is 0.270. The molecule has 2 nitrogen and oxygen atoms in total. The highest BCUT2D eigenvalue weighted by Gasteiger charge is 2.25. The van der Waals surface area contributed by atoms with Crippen molar-refractivity contribution >= 4 is 11.9 Å². The molecular formula is C7H16N2S. The van der Waals surface area contributed by atoms with E-state index in [4.69, 9.17) is 5.73 Å². The fraction of sp³-hybridized carbons (Fsp3) is 1.00. The first-order valence-corrected chi connectivity index (χ1v) is 4.89. The summed E-state index contributed by atoms with van der Waals surface area (Å²) in [6.07, 6.45) is 1.21. The molecule has 1 heterocycles. The quantitative estimate of drug-likeness (QED) is 0.620. The molecule has 1 rings (SSSR count). The van der Waals surface area contributed by atoms with Crippen LogP contribution in [0.2, 0.25) is 0 Å². The van der Waals surface area contributed by atoms with Gasteiger partial charge >= 0.3 is 0 Å². The molecule has 0 aromatic carbocycles. The van der Waals surface area contributed by atoms with Crippen LogP contribution in [0.5, 0.6) is 0 Å². The van der Waals surface area contributed by atoms with E-state index in [9.17, 15) is 0 Å². The minimum atomic E-state index is 0.856. The van der Waals surface area contributed by atoms with Crippen molar-refractivity contribution < 1.29 is 0 Å². The summed E-state index contributed by atoms with van der Waals surface area (Å²) in [5.41, 5.74) is 5.43. The molecule has 1 saturated heterocycles. The van der Waals surface area contributed by atoms with Crippen LogP contribution in [0.1, 0.15) is 13.3 Å². The van der Waals surface area contributed by atoms with Gasteiger partial charge in [0.2, 0.25) is 0 Å². The maximum Gasteiger partial charge on any atom is 0.0131 e. The normalized spacial score (nSPS) is 21.0. The van der Waals surface area contributed by atoms with E-state index >= 15 is 0 Å². The topological polar surface area (TPSA) is 29.3 Å². The second kappa shape index (κ2) is 4.21. The molecular weight excluding hydrogens is 144 g/mol. The Labute approximate surface area is 67.3 Å². The molecule has 0 bridgehead atoms. The van der Waals surface area contributed by atoms with Crippen LogP contribution in [0, 0.1) is 5.92 Å². The second-order valence-corrected chi connectivity index (χ2v) is 4.06. The fourth-order valence-corrected chi connectivity index (χ4v) is 2.23. The Morgan fingerprint density at radius 2 is 2.30 bits per heavy atom. The SMILES string of the molecule is CCSN1CC(CCN)C1. The zero-order chi connectivity index (χ0) is 7.40. The molecule has 0 saturated carbocycles. The van der Waals surface area contributed by atoms with Crippen LogP contribution < -0.4 is 5.73 Å². The van der Waals surface area contributed by atoms with E-state index in [1.54, 1.807) is 0 Å². The maximum atomic E-state index is 5.43. The summed E-state index contributed by atoms with van der Waals surface area (Å²) >= 11 is 1.94. The monoisotopic (exact) mass is 160 g/mol. The van der Waals surface area contributed by atoms with Gasteiger partial charge in [-0.2, -0.15) is 0 Å². The zero-order valence-corrected chi connectivity index (χ0v) is 7.36. The third-order valence-corrected chi connectivity index (χ3v) is 2.73. The molecule has 0 amide bonds. The highest BCUT2D eigenvalue weighted by Crippen LogP contribution is 2.25. The summed E-state index contributed by atoms with van der Waals surface area (Å²) in [6, 6.07) is 0. The average molecular weight is 160 g/mol. The largest absolute Gasteiger partial charge is 0.330 e. The number of hydrogen-bond donors (Lipinski definition) is 1. The first-order valence-electron chi connectivity index (χ1n) is 3.94. The van der Waals surface area contributed by atoms with Crippen molar-refractivity contribution in [3.8, 4) is 0 Å². The van der Waals surface area contributed by atoms with Crippen molar-refractivity contribution in [3.05, 3.63) is 0 Å². The molecule has 0 unspecified atom stereocenters. The van der Waals surface area contributed by atoms with Gasteiger partial charge < -0.3 is 5.73 Å². The molecule has 0 atom stereocenters. The van der Waals surface area contributed by atoms with Gasteiger partial charge in [0, 0.05) is 18.8 Å². The van der Waals surface area contributed by atoms with Gasteiger partial charge in [-0.25, -0.2) is 4.31 Å². The van der Waals surface area contributed by atoms with Crippen LogP contribution in [0.4, 0.5) is 0 Å². The van der Waals surface area contributed by atoms with Gasteiger partial charge in [0.05, 0.1) is 0 Å². The fourth-order valence-electron chi connectivity index (χ4n) is 1.23. The lowest BCUT2D eigenvalue weighted by atomic mass is 10.00. The van der Waals surface area contributed by atoms with Crippen LogP contribution in [0.3, 0.4) is 0 Å². The van der Waals surface area contributed by atoms with E-state index < -0.39 is 0 Å². The number of nitrogens with zero attached hydrogens (tertiary/aromatic N) is 1. The van der Waals surface area contributed by atoms with Crippen LogP contribution >= 0.6 is 11.9 Å². The third-order valence-electron chi connectivity index (χ3n) is 1.81. The van der Waals surface area contributed by atoms with Gasteiger partial charge in [0.1, 0.15) is 0 Å². The van der Waals surface area contributed by atoms with Crippen LogP contribution in [-0.4, -0.2) is 29.7 Å². The molecule has 1 fully saturated rings. The average Bonchev–Trinajstić information content (AvgIpc) is 1.84. The van der Waals surface area contributed by atoms with Gasteiger partial charge in [0.15, 0.2) is 0 Å². The Balaban J connectivity index is 1.95. The van der Waals surface area contributed by atoms with Crippen LogP contribution in [-0.2, 0) is 0 Å². The maximum absolute atomic E-state index is 5.43. The second-order valence-electron chi connectivity index (χ2n) is 2.71. The summed E-state index contributed by atoms with van der Waals surface area (Å²) in [7, 11) is 0. The molecule has 1 aliphatic rings. The van der Waals surface area contributed by atoms with Gasteiger partial charge in [-0.15, -0.1) is 0 Å². The van der Waals surface area contributed by atoms with Gasteiger partial charge in [0.25, 0.3) is 0 Å². The van der Waals surface area contributed by atoms with Crippen molar-refractivity contribution in [1.29, 1.82) is 0 Å². The molecule has 60 valence electrons. The van der Waals surface area contributed by atoms with Crippen molar-refractivity contribution in [3.63, 3.8) is 0 Å². The standard InChI is InChI=1S/C7H16N2S/c1-2-10-9-5-7(6-9)3-4-8/h7H,2-6,8H2,1H3. The third kappa shape index (κ3) is 2.15. The van der Waals surface area contributed by atoms with Crippen LogP contribution in [0.15, 0.2) is 0 Å². The Kier molecular flexibility index (Phi) is 3.52. The molecule has 0 aliphatic carbocycles. The number of rotatable bonds is 4. The van der Waals surface area contributed by atoms with Crippen molar-refractivity contribution in [1.82, 2.24) is 4.31 Å². The summed E-state index contributed by atoms with van der Waals surface area (Å²) in [5.74, 6) is 2.10. The summed E-state index contributed by atoms with van der Waals surface area (Å²) in [4.78, 5) is 0. The molecule has 0 spiro atoms. The molecule has 2 N–H and O–H groups in total. The van der Waals surface area contributed by atoms with Crippen molar-refractivity contribution in [2.45, 2.75) is 13.3 Å². The summed E-state index contributed by atoms with van der Waals surface area (Å²) in [5, 5.41) is 0. The Morgan fingerprint density at radius 1 is 1.60 bits per heavy atom.